The molecule has 1 saturated carbocycles. The maximum atomic E-state index is 12.6. The van der Waals surface area contributed by atoms with E-state index in [1.807, 2.05) is 32.9 Å². The molecule has 0 bridgehead atoms. The predicted octanol–water partition coefficient (Wildman–Crippen LogP) is 4.45. The van der Waals surface area contributed by atoms with Crippen LogP contribution in [0.2, 0.25) is 0 Å². The number of nitrogens with one attached hydrogen (secondary N) is 1. The molecular weight excluding hydrogens is 493 g/mol. The molecule has 0 saturated heterocycles. The topological polar surface area (TPSA) is 92.8 Å². The maximum absolute atomic E-state index is 12.6. The van der Waals surface area contributed by atoms with E-state index in [-0.39, 0.29) is 30.1 Å². The highest BCUT2D eigenvalue weighted by atomic mass is 127. The van der Waals surface area contributed by atoms with Gasteiger partial charge in [0.1, 0.15) is 5.60 Å². The van der Waals surface area contributed by atoms with Crippen molar-refractivity contribution in [1.82, 2.24) is 15.2 Å². The first kappa shape index (κ1) is 26.5. The molecule has 1 fully saturated rings. The minimum Gasteiger partial charge on any atom is -0.444 e. The minimum absolute atomic E-state index is 0. The van der Waals surface area contributed by atoms with E-state index in [9.17, 15) is 4.79 Å². The predicted molar refractivity (Wildman–Crippen MR) is 132 cm³/mol. The summed E-state index contributed by atoms with van der Waals surface area (Å²) in [6, 6.07) is 4.26. The third-order valence-electron chi connectivity index (χ3n) is 4.82. The largest absolute Gasteiger partial charge is 0.444 e. The van der Waals surface area contributed by atoms with Gasteiger partial charge in [-0.15, -0.1) is 24.0 Å². The molecule has 1 aliphatic rings. The number of nitrogens with two attached hydrogens (primary N) is 1. The van der Waals surface area contributed by atoms with Crippen molar-refractivity contribution in [2.24, 2.45) is 10.7 Å². The number of amides is 1. The van der Waals surface area contributed by atoms with E-state index < -0.39 is 5.60 Å². The van der Waals surface area contributed by atoms with Crippen LogP contribution in [-0.2, 0) is 11.3 Å². The SMILES string of the molecule is CC(C)(C)OC(=O)N(CCCN=C(N)NC1CCCCCC1)Cc1cccnc1.I. The van der Waals surface area contributed by atoms with Gasteiger partial charge in [0.25, 0.3) is 0 Å². The Kier molecular flexibility index (Phi) is 12.1. The summed E-state index contributed by atoms with van der Waals surface area (Å²) in [5, 5.41) is 3.35. The van der Waals surface area contributed by atoms with Gasteiger partial charge in [-0.25, -0.2) is 4.79 Å². The summed E-state index contributed by atoms with van der Waals surface area (Å²) in [6.07, 6.45) is 11.3. The number of guanidine groups is 1. The number of rotatable bonds is 7. The molecule has 0 radical (unpaired) electrons. The summed E-state index contributed by atoms with van der Waals surface area (Å²) in [6.45, 7) is 7.19. The van der Waals surface area contributed by atoms with E-state index in [0.717, 1.165) is 18.4 Å². The molecule has 8 heteroatoms. The van der Waals surface area contributed by atoms with Crippen molar-refractivity contribution >= 4 is 36.0 Å². The van der Waals surface area contributed by atoms with Gasteiger partial charge in [-0.1, -0.05) is 31.7 Å². The van der Waals surface area contributed by atoms with E-state index in [1.54, 1.807) is 17.3 Å². The summed E-state index contributed by atoms with van der Waals surface area (Å²) < 4.78 is 5.56. The van der Waals surface area contributed by atoms with E-state index in [1.165, 1.54) is 25.7 Å². The number of ether oxygens (including phenoxy) is 1. The normalized spacial score (nSPS) is 15.6. The monoisotopic (exact) mass is 531 g/mol. The quantitative estimate of drug-likeness (QED) is 0.178. The van der Waals surface area contributed by atoms with Crippen molar-refractivity contribution in [2.75, 3.05) is 13.1 Å². The standard InChI is InChI=1S/C22H37N5O2.HI/c1-22(2,3)29-21(28)27(17-18-10-8-13-24-16-18)15-9-14-25-20(23)26-19-11-6-4-5-7-12-19;/h8,10,13,16,19H,4-7,9,11-12,14-15,17H2,1-3H3,(H3,23,25,26);1H. The Morgan fingerprint density at radius 2 is 2.00 bits per heavy atom. The Hall–Kier alpha value is -1.58. The molecule has 1 amide bonds. The van der Waals surface area contributed by atoms with Gasteiger partial charge in [0.15, 0.2) is 5.96 Å². The second-order valence-corrected chi connectivity index (χ2v) is 8.72. The number of carbonyl (C=O) groups excluding carboxylic acids is 1. The highest BCUT2D eigenvalue weighted by Crippen LogP contribution is 2.17. The molecular formula is C22H38IN5O2. The van der Waals surface area contributed by atoms with Crippen molar-refractivity contribution in [3.63, 3.8) is 0 Å². The van der Waals surface area contributed by atoms with Gasteiger partial charge in [-0.2, -0.15) is 0 Å². The number of aromatic nitrogens is 1. The number of carbonyl (C=O) groups is 1. The molecule has 1 aromatic heterocycles. The lowest BCUT2D eigenvalue weighted by atomic mass is 10.1. The zero-order valence-corrected chi connectivity index (χ0v) is 20.9. The molecule has 3 N–H and O–H groups in total. The molecule has 0 unspecified atom stereocenters. The zero-order valence-electron chi connectivity index (χ0n) is 18.6. The van der Waals surface area contributed by atoms with Crippen molar-refractivity contribution in [1.29, 1.82) is 0 Å². The van der Waals surface area contributed by atoms with Crippen molar-refractivity contribution in [3.05, 3.63) is 30.1 Å². The molecule has 0 spiro atoms. The Labute approximate surface area is 198 Å². The lowest BCUT2D eigenvalue weighted by Gasteiger charge is -2.27. The van der Waals surface area contributed by atoms with Crippen LogP contribution in [0, 0.1) is 0 Å². The van der Waals surface area contributed by atoms with Gasteiger partial charge < -0.3 is 20.7 Å². The number of nitrogens with zero attached hydrogens (tertiary/aromatic N) is 3. The molecule has 2 rings (SSSR count). The van der Waals surface area contributed by atoms with Crippen LogP contribution in [-0.4, -0.2) is 46.7 Å². The van der Waals surface area contributed by atoms with E-state index >= 15 is 0 Å². The fraction of sp³-hybridized carbons (Fsp3) is 0.682. The fourth-order valence-electron chi connectivity index (χ4n) is 3.41. The van der Waals surface area contributed by atoms with Gasteiger partial charge in [-0.05, 0) is 51.7 Å². The number of pyridine rings is 1. The number of aliphatic imine (C=N–C) groups is 1. The second-order valence-electron chi connectivity index (χ2n) is 8.72. The Bertz CT molecular complexity index is 641. The Morgan fingerprint density at radius 1 is 1.30 bits per heavy atom. The zero-order chi connectivity index (χ0) is 21.1. The molecule has 1 heterocycles. The number of halogens is 1. The van der Waals surface area contributed by atoms with Gasteiger partial charge >= 0.3 is 6.09 Å². The van der Waals surface area contributed by atoms with Crippen molar-refractivity contribution in [2.45, 2.75) is 83.9 Å². The molecule has 170 valence electrons. The van der Waals surface area contributed by atoms with Gasteiger partial charge in [0, 0.05) is 31.5 Å². The number of hydrogen-bond donors (Lipinski definition) is 2. The van der Waals surface area contributed by atoms with Crippen molar-refractivity contribution < 1.29 is 9.53 Å². The molecule has 1 aliphatic carbocycles. The molecule has 1 aromatic rings. The lowest BCUT2D eigenvalue weighted by molar-refractivity contribution is 0.0232. The van der Waals surface area contributed by atoms with E-state index in [4.69, 9.17) is 10.5 Å². The Morgan fingerprint density at radius 3 is 2.60 bits per heavy atom. The summed E-state index contributed by atoms with van der Waals surface area (Å²) >= 11 is 0. The second kappa shape index (κ2) is 13.7. The Balaban J connectivity index is 0.00000450. The van der Waals surface area contributed by atoms with Crippen LogP contribution in [0.1, 0.15) is 71.3 Å². The average Bonchev–Trinajstić information content (AvgIpc) is 2.92. The fourth-order valence-corrected chi connectivity index (χ4v) is 3.41. The lowest BCUT2D eigenvalue weighted by Crippen LogP contribution is -2.40. The minimum atomic E-state index is -0.532. The number of hydrogen-bond acceptors (Lipinski definition) is 4. The molecule has 0 aromatic carbocycles. The third-order valence-corrected chi connectivity index (χ3v) is 4.82. The average molecular weight is 531 g/mol. The summed E-state index contributed by atoms with van der Waals surface area (Å²) in [5.74, 6) is 0.507. The van der Waals surface area contributed by atoms with E-state index in [2.05, 4.69) is 15.3 Å². The highest BCUT2D eigenvalue weighted by molar-refractivity contribution is 14.0. The van der Waals surface area contributed by atoms with Gasteiger partial charge in [0.2, 0.25) is 0 Å². The summed E-state index contributed by atoms with van der Waals surface area (Å²) in [4.78, 5) is 22.9. The summed E-state index contributed by atoms with van der Waals surface area (Å²) in [7, 11) is 0. The molecule has 30 heavy (non-hydrogen) atoms. The van der Waals surface area contributed by atoms with Gasteiger partial charge in [0.05, 0.1) is 6.54 Å². The molecule has 0 aliphatic heterocycles. The first-order valence-corrected chi connectivity index (χ1v) is 10.8. The molecule has 0 atom stereocenters. The third kappa shape index (κ3) is 11.0. The van der Waals surface area contributed by atoms with E-state index in [0.29, 0.717) is 38.1 Å². The first-order chi connectivity index (χ1) is 13.8. The first-order valence-electron chi connectivity index (χ1n) is 10.8. The van der Waals surface area contributed by atoms with Crippen LogP contribution in [0.3, 0.4) is 0 Å². The van der Waals surface area contributed by atoms with Crippen LogP contribution < -0.4 is 11.1 Å². The highest BCUT2D eigenvalue weighted by Gasteiger charge is 2.22. The van der Waals surface area contributed by atoms with Crippen LogP contribution in [0.25, 0.3) is 0 Å². The van der Waals surface area contributed by atoms with Crippen LogP contribution in [0.5, 0.6) is 0 Å². The van der Waals surface area contributed by atoms with Crippen LogP contribution >= 0.6 is 24.0 Å². The van der Waals surface area contributed by atoms with Crippen LogP contribution in [0.4, 0.5) is 4.79 Å². The van der Waals surface area contributed by atoms with Gasteiger partial charge in [-0.3, -0.25) is 9.98 Å². The van der Waals surface area contributed by atoms with Crippen LogP contribution in [0.15, 0.2) is 29.5 Å². The summed E-state index contributed by atoms with van der Waals surface area (Å²) in [5.41, 5.74) is 6.50. The molecule has 7 nitrogen and oxygen atoms in total. The van der Waals surface area contributed by atoms with Crippen molar-refractivity contribution in [3.8, 4) is 0 Å². The maximum Gasteiger partial charge on any atom is 0.410 e. The smallest absolute Gasteiger partial charge is 0.410 e.